The van der Waals surface area contributed by atoms with Gasteiger partial charge in [-0.05, 0) is 49.9 Å². The normalized spacial score (nSPS) is 17.6. The van der Waals surface area contributed by atoms with Crippen LogP contribution in [0.4, 0.5) is 8.78 Å². The molecule has 0 amide bonds. The number of likely N-dealkylation sites (tertiary alicyclic amines) is 1. The number of hydrogen-bond donors (Lipinski definition) is 0. The molecule has 0 bridgehead atoms. The lowest BCUT2D eigenvalue weighted by Gasteiger charge is -2.33. The molecule has 0 atom stereocenters. The first kappa shape index (κ1) is 15.1. The van der Waals surface area contributed by atoms with Gasteiger partial charge in [0.15, 0.2) is 5.78 Å². The Kier molecular flexibility index (Phi) is 4.86. The van der Waals surface area contributed by atoms with Crippen LogP contribution in [-0.2, 0) is 0 Å². The number of hydrogen-bond acceptors (Lipinski definition) is 2. The summed E-state index contributed by atoms with van der Waals surface area (Å²) in [6.07, 6.45) is 2.09. The van der Waals surface area contributed by atoms with E-state index in [1.807, 2.05) is 4.90 Å². The van der Waals surface area contributed by atoms with Gasteiger partial charge in [-0.2, -0.15) is 0 Å². The minimum Gasteiger partial charge on any atom is -0.296 e. The number of halogens is 2. The zero-order valence-electron chi connectivity index (χ0n) is 12.0. The molecule has 1 saturated heterocycles. The van der Waals surface area contributed by atoms with Gasteiger partial charge in [0, 0.05) is 0 Å². The number of carbonyl (C=O) groups excluding carboxylic acids is 1. The molecule has 0 aromatic heterocycles. The first-order chi connectivity index (χ1) is 9.49. The van der Waals surface area contributed by atoms with E-state index in [9.17, 15) is 13.6 Å². The topological polar surface area (TPSA) is 20.3 Å². The maximum Gasteiger partial charge on any atom is 0.182 e. The average Bonchev–Trinajstić information content (AvgIpc) is 2.39. The summed E-state index contributed by atoms with van der Waals surface area (Å²) in [5.41, 5.74) is -0.404. The largest absolute Gasteiger partial charge is 0.296 e. The zero-order valence-corrected chi connectivity index (χ0v) is 12.0. The second kappa shape index (κ2) is 6.44. The molecule has 1 heterocycles. The summed E-state index contributed by atoms with van der Waals surface area (Å²) < 4.78 is 27.1. The highest BCUT2D eigenvalue weighted by atomic mass is 19.1. The van der Waals surface area contributed by atoms with Crippen LogP contribution >= 0.6 is 0 Å². The molecule has 0 saturated carbocycles. The molecule has 4 heteroatoms. The summed E-state index contributed by atoms with van der Waals surface area (Å²) in [6, 6.07) is 3.53. The van der Waals surface area contributed by atoms with Gasteiger partial charge in [-0.3, -0.25) is 9.69 Å². The number of Topliss-reactive ketones (excluding diaryl/α,β-unsaturated/α-hetero) is 1. The fraction of sp³-hybridized carbons (Fsp3) is 0.562. The minimum atomic E-state index is -0.771. The number of carbonyl (C=O) groups is 1. The Hall–Kier alpha value is -1.29. The molecule has 0 radical (unpaired) electrons. The zero-order chi connectivity index (χ0) is 14.7. The molecule has 1 aliphatic heterocycles. The molecule has 1 aromatic rings. The Balaban J connectivity index is 1.96. The van der Waals surface area contributed by atoms with Crippen LogP contribution < -0.4 is 0 Å². The van der Waals surface area contributed by atoms with Crippen LogP contribution in [0.5, 0.6) is 0 Å². The minimum absolute atomic E-state index is 0.0999. The monoisotopic (exact) mass is 281 g/mol. The molecule has 2 rings (SSSR count). The molecule has 2 nitrogen and oxygen atoms in total. The highest BCUT2D eigenvalue weighted by Crippen LogP contribution is 2.24. The first-order valence-corrected chi connectivity index (χ1v) is 7.18. The predicted octanol–water partition coefficient (Wildman–Crippen LogP) is 3.52. The van der Waals surface area contributed by atoms with Crippen molar-refractivity contribution in [2.45, 2.75) is 26.7 Å². The van der Waals surface area contributed by atoms with Crippen molar-refractivity contribution in [2.75, 3.05) is 19.6 Å². The number of nitrogens with zero attached hydrogens (tertiary/aromatic N) is 1. The molecule has 0 spiro atoms. The lowest BCUT2D eigenvalue weighted by atomic mass is 9.86. The Labute approximate surface area is 118 Å². The standard InChI is InChI=1S/C16H21F2NO/c1-11(2)12-6-8-19(9-7-12)10-15(20)16-13(17)4-3-5-14(16)18/h3-5,11-12H,6-10H2,1-2H3. The van der Waals surface area contributed by atoms with Gasteiger partial charge in [0.1, 0.15) is 11.6 Å². The van der Waals surface area contributed by atoms with E-state index in [2.05, 4.69) is 13.8 Å². The van der Waals surface area contributed by atoms with Crippen LogP contribution in [0.15, 0.2) is 18.2 Å². The molecule has 0 aliphatic carbocycles. The molecule has 1 aliphatic rings. The fourth-order valence-corrected chi connectivity index (χ4v) is 2.82. The van der Waals surface area contributed by atoms with Crippen molar-refractivity contribution in [3.63, 3.8) is 0 Å². The van der Waals surface area contributed by atoms with Crippen molar-refractivity contribution in [3.05, 3.63) is 35.4 Å². The Morgan fingerprint density at radius 1 is 1.25 bits per heavy atom. The summed E-state index contributed by atoms with van der Waals surface area (Å²) in [6.45, 7) is 6.17. The fourth-order valence-electron chi connectivity index (χ4n) is 2.82. The van der Waals surface area contributed by atoms with E-state index in [0.717, 1.165) is 38.1 Å². The molecule has 0 N–H and O–H groups in total. The van der Waals surface area contributed by atoms with E-state index in [-0.39, 0.29) is 6.54 Å². The molecule has 1 fully saturated rings. The molecule has 0 unspecified atom stereocenters. The maximum atomic E-state index is 13.5. The van der Waals surface area contributed by atoms with E-state index in [0.29, 0.717) is 11.8 Å². The number of rotatable bonds is 4. The average molecular weight is 281 g/mol. The van der Waals surface area contributed by atoms with Crippen LogP contribution in [-0.4, -0.2) is 30.3 Å². The van der Waals surface area contributed by atoms with Gasteiger partial charge in [0.25, 0.3) is 0 Å². The molecule has 20 heavy (non-hydrogen) atoms. The van der Waals surface area contributed by atoms with Crippen molar-refractivity contribution >= 4 is 5.78 Å². The van der Waals surface area contributed by atoms with Crippen LogP contribution in [0.2, 0.25) is 0 Å². The van der Waals surface area contributed by atoms with Crippen molar-refractivity contribution < 1.29 is 13.6 Å². The highest BCUT2D eigenvalue weighted by molar-refractivity contribution is 5.98. The molecule has 1 aromatic carbocycles. The van der Waals surface area contributed by atoms with E-state index in [4.69, 9.17) is 0 Å². The SMILES string of the molecule is CC(C)C1CCN(CC(=O)c2c(F)cccc2F)CC1. The lowest BCUT2D eigenvalue weighted by Crippen LogP contribution is -2.38. The Morgan fingerprint density at radius 2 is 1.80 bits per heavy atom. The predicted molar refractivity (Wildman–Crippen MR) is 74.7 cm³/mol. The summed E-state index contributed by atoms with van der Waals surface area (Å²) in [4.78, 5) is 14.0. The Morgan fingerprint density at radius 3 is 2.30 bits per heavy atom. The van der Waals surface area contributed by atoms with Gasteiger partial charge >= 0.3 is 0 Å². The second-order valence-corrected chi connectivity index (χ2v) is 5.88. The first-order valence-electron chi connectivity index (χ1n) is 7.18. The van der Waals surface area contributed by atoms with Gasteiger partial charge < -0.3 is 0 Å². The van der Waals surface area contributed by atoms with E-state index in [1.54, 1.807) is 0 Å². The molecular weight excluding hydrogens is 260 g/mol. The van der Waals surface area contributed by atoms with Crippen LogP contribution in [0.25, 0.3) is 0 Å². The van der Waals surface area contributed by atoms with Crippen LogP contribution in [0.1, 0.15) is 37.0 Å². The lowest BCUT2D eigenvalue weighted by molar-refractivity contribution is 0.0872. The third-order valence-electron chi connectivity index (χ3n) is 4.18. The van der Waals surface area contributed by atoms with Crippen molar-refractivity contribution in [1.29, 1.82) is 0 Å². The van der Waals surface area contributed by atoms with Gasteiger partial charge in [0.05, 0.1) is 12.1 Å². The van der Waals surface area contributed by atoms with Crippen LogP contribution in [0, 0.1) is 23.5 Å². The summed E-state index contributed by atoms with van der Waals surface area (Å²) in [7, 11) is 0. The number of ketones is 1. The van der Waals surface area contributed by atoms with E-state index < -0.39 is 23.0 Å². The van der Waals surface area contributed by atoms with Crippen LogP contribution in [0.3, 0.4) is 0 Å². The quantitative estimate of drug-likeness (QED) is 0.787. The van der Waals surface area contributed by atoms with Gasteiger partial charge in [-0.15, -0.1) is 0 Å². The maximum absolute atomic E-state index is 13.5. The van der Waals surface area contributed by atoms with E-state index in [1.165, 1.54) is 6.07 Å². The van der Waals surface area contributed by atoms with Gasteiger partial charge in [0.2, 0.25) is 0 Å². The number of benzene rings is 1. The van der Waals surface area contributed by atoms with Gasteiger partial charge in [-0.25, -0.2) is 8.78 Å². The highest BCUT2D eigenvalue weighted by Gasteiger charge is 2.25. The molecule has 110 valence electrons. The summed E-state index contributed by atoms with van der Waals surface area (Å²) >= 11 is 0. The summed E-state index contributed by atoms with van der Waals surface area (Å²) in [5, 5.41) is 0. The van der Waals surface area contributed by atoms with Gasteiger partial charge in [-0.1, -0.05) is 19.9 Å². The second-order valence-electron chi connectivity index (χ2n) is 5.88. The third-order valence-corrected chi connectivity index (χ3v) is 4.18. The number of piperidine rings is 1. The Bertz CT molecular complexity index is 459. The smallest absolute Gasteiger partial charge is 0.182 e. The molecular formula is C16H21F2NO. The third kappa shape index (κ3) is 3.42. The van der Waals surface area contributed by atoms with Crippen molar-refractivity contribution in [2.24, 2.45) is 11.8 Å². The summed E-state index contributed by atoms with van der Waals surface area (Å²) in [5.74, 6) is -0.675. The van der Waals surface area contributed by atoms with E-state index >= 15 is 0 Å². The van der Waals surface area contributed by atoms with Crippen molar-refractivity contribution in [3.8, 4) is 0 Å². The van der Waals surface area contributed by atoms with Crippen molar-refractivity contribution in [1.82, 2.24) is 4.90 Å².